The van der Waals surface area contributed by atoms with Crippen molar-refractivity contribution in [3.8, 4) is 5.75 Å². The standard InChI is InChI=1S/C18H14N2O2/c21-17-11-10-13-6-4-5-9-15(13)16(17)12-19-20-18(22)14-7-2-1-3-8-14/h1-12,21H,(H,20,22)/b19-12-. The number of phenolic OH excluding ortho intramolecular Hbond substituents is 1. The van der Waals surface area contributed by atoms with Gasteiger partial charge in [-0.1, -0.05) is 48.5 Å². The molecular weight excluding hydrogens is 276 g/mol. The molecule has 0 atom stereocenters. The van der Waals surface area contributed by atoms with Gasteiger partial charge in [-0.3, -0.25) is 4.79 Å². The summed E-state index contributed by atoms with van der Waals surface area (Å²) >= 11 is 0. The van der Waals surface area contributed by atoms with Crippen LogP contribution >= 0.6 is 0 Å². The van der Waals surface area contributed by atoms with Crippen LogP contribution in [-0.2, 0) is 0 Å². The van der Waals surface area contributed by atoms with Crippen LogP contribution in [0.1, 0.15) is 15.9 Å². The first kappa shape index (κ1) is 13.8. The summed E-state index contributed by atoms with van der Waals surface area (Å²) in [6, 6.07) is 20.0. The van der Waals surface area contributed by atoms with Gasteiger partial charge in [0.15, 0.2) is 0 Å². The zero-order chi connectivity index (χ0) is 15.4. The van der Waals surface area contributed by atoms with Gasteiger partial charge in [0.05, 0.1) is 6.21 Å². The van der Waals surface area contributed by atoms with Crippen molar-refractivity contribution in [3.05, 3.63) is 77.9 Å². The van der Waals surface area contributed by atoms with Gasteiger partial charge in [-0.05, 0) is 29.0 Å². The third kappa shape index (κ3) is 2.81. The zero-order valence-corrected chi connectivity index (χ0v) is 11.7. The molecule has 0 saturated heterocycles. The first-order valence-corrected chi connectivity index (χ1v) is 6.85. The average Bonchev–Trinajstić information content (AvgIpc) is 2.57. The van der Waals surface area contributed by atoms with Gasteiger partial charge < -0.3 is 5.11 Å². The molecule has 0 aliphatic heterocycles. The summed E-state index contributed by atoms with van der Waals surface area (Å²) in [6.45, 7) is 0. The van der Waals surface area contributed by atoms with Crippen molar-refractivity contribution in [1.82, 2.24) is 5.43 Å². The molecule has 0 fully saturated rings. The molecule has 4 nitrogen and oxygen atoms in total. The molecule has 2 N–H and O–H groups in total. The lowest BCUT2D eigenvalue weighted by Crippen LogP contribution is -2.17. The normalized spacial score (nSPS) is 10.9. The Morgan fingerprint density at radius 2 is 1.68 bits per heavy atom. The van der Waals surface area contributed by atoms with Crippen LogP contribution in [0, 0.1) is 0 Å². The highest BCUT2D eigenvalue weighted by atomic mass is 16.3. The van der Waals surface area contributed by atoms with Crippen molar-refractivity contribution < 1.29 is 9.90 Å². The number of fused-ring (bicyclic) bond motifs is 1. The minimum atomic E-state index is -0.295. The van der Waals surface area contributed by atoms with Gasteiger partial charge in [0.2, 0.25) is 0 Å². The number of carbonyl (C=O) groups is 1. The molecule has 3 aromatic carbocycles. The molecule has 0 aliphatic carbocycles. The molecular formula is C18H14N2O2. The third-order valence-electron chi connectivity index (χ3n) is 3.34. The number of phenols is 1. The van der Waals surface area contributed by atoms with Crippen LogP contribution < -0.4 is 5.43 Å². The lowest BCUT2D eigenvalue weighted by Gasteiger charge is -2.04. The van der Waals surface area contributed by atoms with Crippen LogP contribution in [0.5, 0.6) is 5.75 Å². The predicted molar refractivity (Wildman–Crippen MR) is 87.1 cm³/mol. The molecule has 3 rings (SSSR count). The Morgan fingerprint density at radius 1 is 0.955 bits per heavy atom. The topological polar surface area (TPSA) is 61.7 Å². The predicted octanol–water partition coefficient (Wildman–Crippen LogP) is 3.31. The molecule has 0 radical (unpaired) electrons. The number of aromatic hydroxyl groups is 1. The van der Waals surface area contributed by atoms with E-state index in [9.17, 15) is 9.90 Å². The summed E-state index contributed by atoms with van der Waals surface area (Å²) in [5, 5.41) is 15.8. The van der Waals surface area contributed by atoms with E-state index in [4.69, 9.17) is 0 Å². The molecule has 3 aromatic rings. The fourth-order valence-corrected chi connectivity index (χ4v) is 2.23. The Bertz CT molecular complexity index is 842. The zero-order valence-electron chi connectivity index (χ0n) is 11.7. The maximum Gasteiger partial charge on any atom is 0.271 e. The highest BCUT2D eigenvalue weighted by Gasteiger charge is 2.05. The molecule has 108 valence electrons. The molecule has 0 aromatic heterocycles. The van der Waals surface area contributed by atoms with Gasteiger partial charge in [0.1, 0.15) is 5.75 Å². The van der Waals surface area contributed by atoms with E-state index in [0.717, 1.165) is 10.8 Å². The summed E-state index contributed by atoms with van der Waals surface area (Å²) in [4.78, 5) is 11.9. The number of nitrogens with zero attached hydrogens (tertiary/aromatic N) is 1. The average molecular weight is 290 g/mol. The summed E-state index contributed by atoms with van der Waals surface area (Å²) in [5.74, 6) is -0.173. The van der Waals surface area contributed by atoms with Crippen molar-refractivity contribution in [3.63, 3.8) is 0 Å². The Morgan fingerprint density at radius 3 is 2.50 bits per heavy atom. The van der Waals surface area contributed by atoms with Crippen molar-refractivity contribution in [2.45, 2.75) is 0 Å². The van der Waals surface area contributed by atoms with E-state index in [1.807, 2.05) is 36.4 Å². The molecule has 0 heterocycles. The molecule has 0 saturated carbocycles. The largest absolute Gasteiger partial charge is 0.507 e. The Balaban J connectivity index is 1.84. The Kier molecular flexibility index (Phi) is 3.83. The van der Waals surface area contributed by atoms with E-state index in [0.29, 0.717) is 11.1 Å². The van der Waals surface area contributed by atoms with E-state index in [1.54, 1.807) is 30.3 Å². The molecule has 0 bridgehead atoms. The number of amides is 1. The fraction of sp³-hybridized carbons (Fsp3) is 0. The van der Waals surface area contributed by atoms with Gasteiger partial charge in [-0.15, -0.1) is 0 Å². The molecule has 0 spiro atoms. The van der Waals surface area contributed by atoms with Gasteiger partial charge >= 0.3 is 0 Å². The second-order valence-corrected chi connectivity index (χ2v) is 4.78. The maximum atomic E-state index is 11.9. The summed E-state index contributed by atoms with van der Waals surface area (Å²) in [6.07, 6.45) is 1.46. The SMILES string of the molecule is O=C(N/N=C\c1c(O)ccc2ccccc12)c1ccccc1. The Hall–Kier alpha value is -3.14. The molecule has 22 heavy (non-hydrogen) atoms. The van der Waals surface area contributed by atoms with Crippen molar-refractivity contribution in [2.75, 3.05) is 0 Å². The number of nitrogens with one attached hydrogen (secondary N) is 1. The van der Waals surface area contributed by atoms with Gasteiger partial charge in [-0.25, -0.2) is 5.43 Å². The van der Waals surface area contributed by atoms with Crippen molar-refractivity contribution >= 4 is 22.9 Å². The summed E-state index contributed by atoms with van der Waals surface area (Å²) in [5.41, 5.74) is 3.56. The van der Waals surface area contributed by atoms with Crippen LogP contribution in [-0.4, -0.2) is 17.2 Å². The molecule has 0 aliphatic rings. The lowest BCUT2D eigenvalue weighted by molar-refractivity contribution is 0.0955. The van der Waals surface area contributed by atoms with Crippen LogP contribution in [0.2, 0.25) is 0 Å². The Labute approximate surface area is 127 Å². The lowest BCUT2D eigenvalue weighted by atomic mass is 10.0. The minimum absolute atomic E-state index is 0.122. The number of hydrogen-bond acceptors (Lipinski definition) is 3. The highest BCUT2D eigenvalue weighted by molar-refractivity contribution is 6.03. The third-order valence-corrected chi connectivity index (χ3v) is 3.34. The second kappa shape index (κ2) is 6.10. The van der Waals surface area contributed by atoms with Gasteiger partial charge in [-0.2, -0.15) is 5.10 Å². The van der Waals surface area contributed by atoms with Crippen LogP contribution in [0.4, 0.5) is 0 Å². The van der Waals surface area contributed by atoms with Crippen LogP contribution in [0.15, 0.2) is 71.8 Å². The quantitative estimate of drug-likeness (QED) is 0.574. The van der Waals surface area contributed by atoms with E-state index in [2.05, 4.69) is 10.5 Å². The van der Waals surface area contributed by atoms with Crippen molar-refractivity contribution in [2.24, 2.45) is 5.10 Å². The number of carbonyl (C=O) groups excluding carboxylic acids is 1. The van der Waals surface area contributed by atoms with Gasteiger partial charge in [0.25, 0.3) is 5.91 Å². The monoisotopic (exact) mass is 290 g/mol. The number of hydrogen-bond donors (Lipinski definition) is 2. The van der Waals surface area contributed by atoms with Gasteiger partial charge in [0, 0.05) is 11.1 Å². The molecule has 0 unspecified atom stereocenters. The van der Waals surface area contributed by atoms with E-state index >= 15 is 0 Å². The summed E-state index contributed by atoms with van der Waals surface area (Å²) < 4.78 is 0. The van der Waals surface area contributed by atoms with E-state index in [-0.39, 0.29) is 11.7 Å². The minimum Gasteiger partial charge on any atom is -0.507 e. The fourth-order valence-electron chi connectivity index (χ4n) is 2.23. The van der Waals surface area contributed by atoms with Crippen LogP contribution in [0.3, 0.4) is 0 Å². The van der Waals surface area contributed by atoms with Crippen LogP contribution in [0.25, 0.3) is 10.8 Å². The first-order valence-electron chi connectivity index (χ1n) is 6.85. The van der Waals surface area contributed by atoms with Crippen molar-refractivity contribution in [1.29, 1.82) is 0 Å². The second-order valence-electron chi connectivity index (χ2n) is 4.78. The number of rotatable bonds is 3. The van der Waals surface area contributed by atoms with E-state index in [1.165, 1.54) is 6.21 Å². The molecule has 4 heteroatoms. The first-order chi connectivity index (χ1) is 10.8. The number of benzene rings is 3. The number of hydrazone groups is 1. The van der Waals surface area contributed by atoms with E-state index < -0.39 is 0 Å². The summed E-state index contributed by atoms with van der Waals surface area (Å²) in [7, 11) is 0. The smallest absolute Gasteiger partial charge is 0.271 e. The maximum absolute atomic E-state index is 11.9. The highest BCUT2D eigenvalue weighted by Crippen LogP contribution is 2.25. The molecule has 1 amide bonds.